The number of aromatic nitrogens is 3. The van der Waals surface area contributed by atoms with Crippen LogP contribution in [0.1, 0.15) is 27.7 Å². The highest BCUT2D eigenvalue weighted by molar-refractivity contribution is 5.81. The SMILES string of the molecule is CC(C)N(C(=O)Cn1nnc(-c2ccccc2)c1-c1ccccc1)C(C)C. The van der Waals surface area contributed by atoms with Crippen molar-refractivity contribution < 1.29 is 4.79 Å². The second-order valence-corrected chi connectivity index (χ2v) is 7.16. The van der Waals surface area contributed by atoms with Gasteiger partial charge in [-0.3, -0.25) is 4.79 Å². The molecule has 1 heterocycles. The summed E-state index contributed by atoms with van der Waals surface area (Å²) < 4.78 is 1.72. The van der Waals surface area contributed by atoms with Crippen molar-refractivity contribution in [2.75, 3.05) is 0 Å². The predicted octanol–water partition coefficient (Wildman–Crippen LogP) is 4.26. The zero-order valence-corrected chi connectivity index (χ0v) is 16.3. The molecule has 27 heavy (non-hydrogen) atoms. The third-order valence-electron chi connectivity index (χ3n) is 4.52. The van der Waals surface area contributed by atoms with Gasteiger partial charge in [0, 0.05) is 23.2 Å². The smallest absolute Gasteiger partial charge is 0.244 e. The second kappa shape index (κ2) is 8.16. The lowest BCUT2D eigenvalue weighted by atomic mass is 10.0. The molecule has 0 radical (unpaired) electrons. The van der Waals surface area contributed by atoms with Crippen LogP contribution in [0.2, 0.25) is 0 Å². The van der Waals surface area contributed by atoms with Gasteiger partial charge in [-0.2, -0.15) is 0 Å². The Labute approximate surface area is 160 Å². The monoisotopic (exact) mass is 362 g/mol. The first-order valence-electron chi connectivity index (χ1n) is 9.34. The summed E-state index contributed by atoms with van der Waals surface area (Å²) in [7, 11) is 0. The van der Waals surface area contributed by atoms with Gasteiger partial charge in [-0.1, -0.05) is 65.9 Å². The summed E-state index contributed by atoms with van der Waals surface area (Å²) in [5, 5.41) is 8.74. The maximum Gasteiger partial charge on any atom is 0.244 e. The third-order valence-corrected chi connectivity index (χ3v) is 4.52. The molecule has 0 bridgehead atoms. The average molecular weight is 362 g/mol. The van der Waals surface area contributed by atoms with Crippen molar-refractivity contribution >= 4 is 5.91 Å². The minimum atomic E-state index is 0.0432. The van der Waals surface area contributed by atoms with E-state index in [1.807, 2.05) is 93.3 Å². The molecule has 1 aromatic heterocycles. The van der Waals surface area contributed by atoms with Crippen LogP contribution in [-0.4, -0.2) is 37.9 Å². The summed E-state index contributed by atoms with van der Waals surface area (Å²) in [4.78, 5) is 14.8. The minimum absolute atomic E-state index is 0.0432. The van der Waals surface area contributed by atoms with Gasteiger partial charge in [0.05, 0.1) is 5.69 Å². The Kier molecular flexibility index (Phi) is 5.69. The molecule has 0 spiro atoms. The third kappa shape index (κ3) is 4.08. The summed E-state index contributed by atoms with van der Waals surface area (Å²) in [6.45, 7) is 8.30. The molecule has 0 atom stereocenters. The van der Waals surface area contributed by atoms with Crippen molar-refractivity contribution in [2.45, 2.75) is 46.3 Å². The molecule has 1 amide bonds. The van der Waals surface area contributed by atoms with E-state index in [9.17, 15) is 4.79 Å². The van der Waals surface area contributed by atoms with Gasteiger partial charge in [0.15, 0.2) is 0 Å². The number of carbonyl (C=O) groups excluding carboxylic acids is 1. The molecule has 3 aromatic rings. The van der Waals surface area contributed by atoms with Gasteiger partial charge in [0.1, 0.15) is 12.2 Å². The molecule has 2 aromatic carbocycles. The Bertz CT molecular complexity index is 877. The Hall–Kier alpha value is -2.95. The molecule has 3 rings (SSSR count). The molecule has 0 saturated heterocycles. The average Bonchev–Trinajstić information content (AvgIpc) is 3.06. The van der Waals surface area contributed by atoms with E-state index in [0.717, 1.165) is 22.5 Å². The number of nitrogens with zero attached hydrogens (tertiary/aromatic N) is 4. The van der Waals surface area contributed by atoms with Crippen LogP contribution in [0.4, 0.5) is 0 Å². The Morgan fingerprint density at radius 2 is 1.41 bits per heavy atom. The highest BCUT2D eigenvalue weighted by Crippen LogP contribution is 2.30. The molecule has 5 nitrogen and oxygen atoms in total. The Balaban J connectivity index is 2.04. The number of benzene rings is 2. The molecule has 0 aliphatic carbocycles. The van der Waals surface area contributed by atoms with Crippen LogP contribution in [0.3, 0.4) is 0 Å². The maximum atomic E-state index is 13.0. The Morgan fingerprint density at radius 3 is 1.93 bits per heavy atom. The molecule has 0 unspecified atom stereocenters. The maximum absolute atomic E-state index is 13.0. The summed E-state index contributed by atoms with van der Waals surface area (Å²) in [5.74, 6) is 0.0432. The molecule has 0 N–H and O–H groups in total. The van der Waals surface area contributed by atoms with E-state index in [4.69, 9.17) is 0 Å². The van der Waals surface area contributed by atoms with Crippen LogP contribution in [0.5, 0.6) is 0 Å². The number of amides is 1. The van der Waals surface area contributed by atoms with E-state index < -0.39 is 0 Å². The Morgan fingerprint density at radius 1 is 0.889 bits per heavy atom. The summed E-state index contributed by atoms with van der Waals surface area (Å²) >= 11 is 0. The summed E-state index contributed by atoms with van der Waals surface area (Å²) in [5.41, 5.74) is 3.63. The molecular weight excluding hydrogens is 336 g/mol. The van der Waals surface area contributed by atoms with Crippen LogP contribution in [-0.2, 0) is 11.3 Å². The van der Waals surface area contributed by atoms with Gasteiger partial charge < -0.3 is 4.90 Å². The van der Waals surface area contributed by atoms with Gasteiger partial charge >= 0.3 is 0 Å². The molecule has 0 aliphatic heterocycles. The van der Waals surface area contributed by atoms with Crippen molar-refractivity contribution in [1.82, 2.24) is 19.9 Å². The van der Waals surface area contributed by atoms with Gasteiger partial charge in [-0.15, -0.1) is 5.10 Å². The number of carbonyl (C=O) groups is 1. The van der Waals surface area contributed by atoms with E-state index in [2.05, 4.69) is 10.3 Å². The fourth-order valence-corrected chi connectivity index (χ4v) is 3.48. The quantitative estimate of drug-likeness (QED) is 0.658. The van der Waals surface area contributed by atoms with Crippen molar-refractivity contribution in [1.29, 1.82) is 0 Å². The summed E-state index contributed by atoms with van der Waals surface area (Å²) in [6.07, 6.45) is 0. The van der Waals surface area contributed by atoms with Crippen molar-refractivity contribution in [3.63, 3.8) is 0 Å². The zero-order valence-electron chi connectivity index (χ0n) is 16.3. The molecule has 140 valence electrons. The van der Waals surface area contributed by atoms with E-state index in [1.165, 1.54) is 0 Å². The molecule has 0 aliphatic rings. The molecule has 0 fully saturated rings. The zero-order chi connectivity index (χ0) is 19.4. The van der Waals surface area contributed by atoms with E-state index in [0.29, 0.717) is 0 Å². The lowest BCUT2D eigenvalue weighted by molar-refractivity contribution is -0.135. The van der Waals surface area contributed by atoms with Gasteiger partial charge in [-0.25, -0.2) is 4.68 Å². The first-order valence-corrected chi connectivity index (χ1v) is 9.34. The van der Waals surface area contributed by atoms with Gasteiger partial charge in [0.2, 0.25) is 5.91 Å². The highest BCUT2D eigenvalue weighted by Gasteiger charge is 2.24. The lowest BCUT2D eigenvalue weighted by Gasteiger charge is -2.30. The van der Waals surface area contributed by atoms with Crippen molar-refractivity contribution in [2.24, 2.45) is 0 Å². The molecule has 0 saturated carbocycles. The van der Waals surface area contributed by atoms with Crippen LogP contribution in [0.15, 0.2) is 60.7 Å². The first kappa shape index (κ1) is 18.8. The second-order valence-electron chi connectivity index (χ2n) is 7.16. The molecular formula is C22H26N4O. The topological polar surface area (TPSA) is 51.0 Å². The number of rotatable bonds is 6. The normalized spacial score (nSPS) is 11.2. The van der Waals surface area contributed by atoms with Crippen LogP contribution in [0, 0.1) is 0 Å². The fraction of sp³-hybridized carbons (Fsp3) is 0.318. The van der Waals surface area contributed by atoms with Gasteiger partial charge in [-0.05, 0) is 27.7 Å². The lowest BCUT2D eigenvalue weighted by Crippen LogP contribution is -2.43. The van der Waals surface area contributed by atoms with E-state index >= 15 is 0 Å². The number of hydrogen-bond acceptors (Lipinski definition) is 3. The van der Waals surface area contributed by atoms with Crippen LogP contribution >= 0.6 is 0 Å². The predicted molar refractivity (Wildman–Crippen MR) is 108 cm³/mol. The van der Waals surface area contributed by atoms with E-state index in [-0.39, 0.29) is 24.5 Å². The van der Waals surface area contributed by atoms with Crippen LogP contribution < -0.4 is 0 Å². The van der Waals surface area contributed by atoms with Crippen LogP contribution in [0.25, 0.3) is 22.5 Å². The van der Waals surface area contributed by atoms with E-state index in [1.54, 1.807) is 4.68 Å². The molecule has 5 heteroatoms. The largest absolute Gasteiger partial charge is 0.336 e. The fourth-order valence-electron chi connectivity index (χ4n) is 3.48. The first-order chi connectivity index (χ1) is 13.0. The minimum Gasteiger partial charge on any atom is -0.336 e. The van der Waals surface area contributed by atoms with Crippen molar-refractivity contribution in [3.8, 4) is 22.5 Å². The highest BCUT2D eigenvalue weighted by atomic mass is 16.2. The number of hydrogen-bond donors (Lipinski definition) is 0. The summed E-state index contributed by atoms with van der Waals surface area (Å²) in [6, 6.07) is 20.2. The van der Waals surface area contributed by atoms with Gasteiger partial charge in [0.25, 0.3) is 0 Å². The standard InChI is InChI=1S/C22H26N4O/c1-16(2)26(17(3)4)20(27)15-25-22(19-13-9-6-10-14-19)21(23-24-25)18-11-7-5-8-12-18/h5-14,16-17H,15H2,1-4H3. The van der Waals surface area contributed by atoms with Crippen molar-refractivity contribution in [3.05, 3.63) is 60.7 Å².